The zero-order valence-electron chi connectivity index (χ0n) is 10.6. The van der Waals surface area contributed by atoms with Crippen molar-refractivity contribution in [3.63, 3.8) is 0 Å². The molecule has 0 spiro atoms. The van der Waals surface area contributed by atoms with Gasteiger partial charge < -0.3 is 10.1 Å². The Morgan fingerprint density at radius 3 is 2.38 bits per heavy atom. The molecular weight excluding hydrogens is 198 g/mol. The van der Waals surface area contributed by atoms with Gasteiger partial charge >= 0.3 is 0 Å². The van der Waals surface area contributed by atoms with Crippen molar-refractivity contribution in [1.29, 1.82) is 0 Å². The topological polar surface area (TPSA) is 21.3 Å². The fraction of sp³-hybridized carbons (Fsp3) is 0.571. The van der Waals surface area contributed by atoms with Crippen LogP contribution in [0.3, 0.4) is 0 Å². The van der Waals surface area contributed by atoms with Crippen molar-refractivity contribution >= 4 is 0 Å². The van der Waals surface area contributed by atoms with Gasteiger partial charge in [0.2, 0.25) is 0 Å². The molecule has 1 rings (SSSR count). The Bertz CT molecular complexity index is 281. The van der Waals surface area contributed by atoms with Crippen LogP contribution in [0, 0.1) is 0 Å². The van der Waals surface area contributed by atoms with Crippen LogP contribution in [0.2, 0.25) is 0 Å². The van der Waals surface area contributed by atoms with Crippen LogP contribution < -0.4 is 5.32 Å². The van der Waals surface area contributed by atoms with Crippen molar-refractivity contribution < 1.29 is 4.74 Å². The molecule has 0 fully saturated rings. The van der Waals surface area contributed by atoms with E-state index in [0.29, 0.717) is 6.04 Å². The van der Waals surface area contributed by atoms with Gasteiger partial charge in [-0.25, -0.2) is 0 Å². The van der Waals surface area contributed by atoms with Crippen molar-refractivity contribution in [3.8, 4) is 0 Å². The monoisotopic (exact) mass is 221 g/mol. The minimum atomic E-state index is 0.316. The number of methoxy groups -OCH3 is 1. The second-order valence-electron chi connectivity index (χ2n) is 4.06. The van der Waals surface area contributed by atoms with Crippen LogP contribution in [0.15, 0.2) is 24.3 Å². The summed E-state index contributed by atoms with van der Waals surface area (Å²) in [7, 11) is 1.75. The Labute approximate surface area is 99.0 Å². The molecule has 90 valence electrons. The maximum absolute atomic E-state index is 5.25. The lowest BCUT2D eigenvalue weighted by Crippen LogP contribution is -2.25. The number of ether oxygens (including phenoxy) is 1. The largest absolute Gasteiger partial charge is 0.383 e. The van der Waals surface area contributed by atoms with Gasteiger partial charge in [0.05, 0.1) is 12.6 Å². The first-order valence-electron chi connectivity index (χ1n) is 6.13. The van der Waals surface area contributed by atoms with E-state index < -0.39 is 0 Å². The molecular formula is C14H23NO. The second kappa shape index (κ2) is 7.42. The van der Waals surface area contributed by atoms with Gasteiger partial charge in [0.1, 0.15) is 0 Å². The minimum absolute atomic E-state index is 0.316. The minimum Gasteiger partial charge on any atom is -0.383 e. The Morgan fingerprint density at radius 2 is 1.88 bits per heavy atom. The maximum Gasteiger partial charge on any atom is 0.0657 e. The summed E-state index contributed by atoms with van der Waals surface area (Å²) >= 11 is 0. The first-order valence-corrected chi connectivity index (χ1v) is 6.13. The lowest BCUT2D eigenvalue weighted by Gasteiger charge is -2.18. The fourth-order valence-corrected chi connectivity index (χ4v) is 1.74. The van der Waals surface area contributed by atoms with Crippen LogP contribution in [0.25, 0.3) is 0 Å². The van der Waals surface area contributed by atoms with Gasteiger partial charge in [-0.15, -0.1) is 0 Å². The van der Waals surface area contributed by atoms with Crippen molar-refractivity contribution in [2.75, 3.05) is 20.3 Å². The van der Waals surface area contributed by atoms with Crippen LogP contribution in [0.4, 0.5) is 0 Å². The number of aryl methyl sites for hydroxylation is 1. The summed E-state index contributed by atoms with van der Waals surface area (Å²) < 4.78 is 5.25. The molecule has 2 nitrogen and oxygen atoms in total. The van der Waals surface area contributed by atoms with Gasteiger partial charge in [-0.05, 0) is 30.5 Å². The third-order valence-corrected chi connectivity index (χ3v) is 2.76. The van der Waals surface area contributed by atoms with E-state index in [4.69, 9.17) is 4.74 Å². The molecule has 2 heteroatoms. The number of nitrogens with one attached hydrogen (secondary N) is 1. The van der Waals surface area contributed by atoms with E-state index >= 15 is 0 Å². The highest BCUT2D eigenvalue weighted by Gasteiger charge is 2.09. The van der Waals surface area contributed by atoms with Crippen LogP contribution in [0.1, 0.15) is 37.4 Å². The average molecular weight is 221 g/mol. The molecule has 0 radical (unpaired) electrons. The zero-order chi connectivity index (χ0) is 11.8. The van der Waals surface area contributed by atoms with Gasteiger partial charge in [-0.2, -0.15) is 0 Å². The number of hydrogen-bond donors (Lipinski definition) is 1. The molecule has 0 saturated heterocycles. The predicted molar refractivity (Wildman–Crippen MR) is 68.7 cm³/mol. The summed E-state index contributed by atoms with van der Waals surface area (Å²) in [5, 5.41) is 3.50. The number of hydrogen-bond acceptors (Lipinski definition) is 2. The lowest BCUT2D eigenvalue weighted by molar-refractivity contribution is 0.167. The van der Waals surface area contributed by atoms with E-state index in [0.717, 1.165) is 26.0 Å². The second-order valence-corrected chi connectivity index (χ2v) is 4.06. The molecule has 1 aromatic carbocycles. The molecule has 16 heavy (non-hydrogen) atoms. The molecule has 0 aliphatic rings. The third kappa shape index (κ3) is 3.95. The highest BCUT2D eigenvalue weighted by molar-refractivity contribution is 5.25. The Kier molecular flexibility index (Phi) is 6.12. The average Bonchev–Trinajstić information content (AvgIpc) is 2.35. The predicted octanol–water partition coefficient (Wildman–Crippen LogP) is 2.94. The molecule has 0 bridgehead atoms. The van der Waals surface area contributed by atoms with E-state index in [-0.39, 0.29) is 0 Å². The summed E-state index contributed by atoms with van der Waals surface area (Å²) in [6, 6.07) is 9.11. The quantitative estimate of drug-likeness (QED) is 0.764. The van der Waals surface area contributed by atoms with Crippen molar-refractivity contribution in [1.82, 2.24) is 5.32 Å². The smallest absolute Gasteiger partial charge is 0.0657 e. The van der Waals surface area contributed by atoms with Gasteiger partial charge in [-0.3, -0.25) is 0 Å². The van der Waals surface area contributed by atoms with E-state index in [1.165, 1.54) is 11.1 Å². The SMILES string of the molecule is CCCNC(COC)c1ccc(CC)cc1. The van der Waals surface area contributed by atoms with Gasteiger partial charge in [0.15, 0.2) is 0 Å². The number of rotatable bonds is 7. The molecule has 0 amide bonds. The Hall–Kier alpha value is -0.860. The fourth-order valence-electron chi connectivity index (χ4n) is 1.74. The summed E-state index contributed by atoms with van der Waals surface area (Å²) in [5.41, 5.74) is 2.70. The molecule has 0 aliphatic heterocycles. The van der Waals surface area contributed by atoms with Crippen molar-refractivity contribution in [3.05, 3.63) is 35.4 Å². The van der Waals surface area contributed by atoms with Gasteiger partial charge in [0, 0.05) is 7.11 Å². The first-order chi connectivity index (χ1) is 7.81. The standard InChI is InChI=1S/C14H23NO/c1-4-10-15-14(11-16-3)13-8-6-12(5-2)7-9-13/h6-9,14-15H,4-5,10-11H2,1-3H3. The summed E-state index contributed by atoms with van der Waals surface area (Å²) in [6.45, 7) is 6.11. The van der Waals surface area contributed by atoms with E-state index in [1.54, 1.807) is 7.11 Å². The maximum atomic E-state index is 5.25. The molecule has 1 aromatic rings. The first kappa shape index (κ1) is 13.2. The van der Waals surface area contributed by atoms with Gasteiger partial charge in [-0.1, -0.05) is 38.1 Å². The number of benzene rings is 1. The summed E-state index contributed by atoms with van der Waals surface area (Å²) in [4.78, 5) is 0. The normalized spacial score (nSPS) is 12.7. The van der Waals surface area contributed by atoms with Gasteiger partial charge in [0.25, 0.3) is 0 Å². The van der Waals surface area contributed by atoms with E-state index in [2.05, 4.69) is 43.4 Å². The van der Waals surface area contributed by atoms with Crippen molar-refractivity contribution in [2.45, 2.75) is 32.7 Å². The highest BCUT2D eigenvalue weighted by Crippen LogP contribution is 2.14. The van der Waals surface area contributed by atoms with Crippen molar-refractivity contribution in [2.24, 2.45) is 0 Å². The van der Waals surface area contributed by atoms with Crippen LogP contribution in [0.5, 0.6) is 0 Å². The van der Waals surface area contributed by atoms with E-state index in [9.17, 15) is 0 Å². The molecule has 0 saturated carbocycles. The molecule has 0 aromatic heterocycles. The Balaban J connectivity index is 2.67. The zero-order valence-corrected chi connectivity index (χ0v) is 10.6. The molecule has 1 unspecified atom stereocenters. The van der Waals surface area contributed by atoms with Crippen LogP contribution in [-0.4, -0.2) is 20.3 Å². The molecule has 0 heterocycles. The van der Waals surface area contributed by atoms with Crippen LogP contribution >= 0.6 is 0 Å². The third-order valence-electron chi connectivity index (χ3n) is 2.76. The lowest BCUT2D eigenvalue weighted by atomic mass is 10.0. The van der Waals surface area contributed by atoms with Crippen LogP contribution in [-0.2, 0) is 11.2 Å². The highest BCUT2D eigenvalue weighted by atomic mass is 16.5. The molecule has 0 aliphatic carbocycles. The summed E-state index contributed by atoms with van der Waals surface area (Å²) in [5.74, 6) is 0. The molecule has 1 N–H and O–H groups in total. The summed E-state index contributed by atoms with van der Waals surface area (Å²) in [6.07, 6.45) is 2.24. The Morgan fingerprint density at radius 1 is 1.19 bits per heavy atom. The van der Waals surface area contributed by atoms with E-state index in [1.807, 2.05) is 0 Å². The molecule has 1 atom stereocenters.